The molecule has 0 bridgehead atoms. The zero-order valence-corrected chi connectivity index (χ0v) is 22.2. The number of hydrogen-bond donors (Lipinski definition) is 1. The van der Waals surface area contributed by atoms with Gasteiger partial charge in [0.05, 0.1) is 24.5 Å². The minimum absolute atomic E-state index is 0.0635. The highest BCUT2D eigenvalue weighted by atomic mass is 32.1. The first-order valence-electron chi connectivity index (χ1n) is 12.8. The molecule has 0 saturated carbocycles. The number of nitrogens with zero attached hydrogens (tertiary/aromatic N) is 6. The van der Waals surface area contributed by atoms with E-state index in [1.165, 1.54) is 17.0 Å². The summed E-state index contributed by atoms with van der Waals surface area (Å²) in [7, 11) is 0. The van der Waals surface area contributed by atoms with Gasteiger partial charge in [0.15, 0.2) is 5.13 Å². The lowest BCUT2D eigenvalue weighted by Gasteiger charge is -2.26. The molecule has 3 aliphatic rings. The molecule has 1 atom stereocenters. The summed E-state index contributed by atoms with van der Waals surface area (Å²) in [5.74, 6) is 0.0987. The van der Waals surface area contributed by atoms with Crippen LogP contribution in [-0.4, -0.2) is 65.3 Å². The Labute approximate surface area is 232 Å². The maximum Gasteiger partial charge on any atom is 0.416 e. The van der Waals surface area contributed by atoms with Gasteiger partial charge in [-0.25, -0.2) is 19.7 Å². The van der Waals surface area contributed by atoms with Crippen LogP contribution in [0, 0.1) is 0 Å². The largest absolute Gasteiger partial charge is 0.416 e. The minimum atomic E-state index is -4.43. The molecule has 40 heavy (non-hydrogen) atoms. The Balaban J connectivity index is 1.24. The summed E-state index contributed by atoms with van der Waals surface area (Å²) in [6, 6.07) is 6.20. The Bertz CT molecular complexity index is 1470. The van der Waals surface area contributed by atoms with Crippen molar-refractivity contribution in [1.29, 1.82) is 0 Å². The number of aromatic nitrogens is 3. The molecule has 2 N–H and O–H groups in total. The average molecular weight is 570 g/mol. The van der Waals surface area contributed by atoms with Gasteiger partial charge in [-0.15, -0.1) is 11.3 Å². The van der Waals surface area contributed by atoms with Crippen LogP contribution in [0.4, 0.5) is 34.7 Å². The Hall–Kier alpha value is -3.97. The zero-order valence-electron chi connectivity index (χ0n) is 21.3. The summed E-state index contributed by atoms with van der Waals surface area (Å²) < 4.78 is 44.5. The second kappa shape index (κ2) is 10.5. The van der Waals surface area contributed by atoms with Crippen LogP contribution >= 0.6 is 11.3 Å². The second-order valence-electron chi connectivity index (χ2n) is 9.59. The highest BCUT2D eigenvalue weighted by Gasteiger charge is 2.35. The molecule has 1 aliphatic carbocycles. The van der Waals surface area contributed by atoms with Gasteiger partial charge in [0, 0.05) is 54.6 Å². The van der Waals surface area contributed by atoms with Crippen LogP contribution in [0.5, 0.6) is 0 Å². The number of anilines is 3. The van der Waals surface area contributed by atoms with E-state index >= 15 is 0 Å². The fourth-order valence-corrected chi connectivity index (χ4v) is 6.27. The van der Waals surface area contributed by atoms with Crippen molar-refractivity contribution in [2.75, 3.05) is 54.9 Å². The Kier molecular flexibility index (Phi) is 6.92. The van der Waals surface area contributed by atoms with E-state index in [1.54, 1.807) is 28.5 Å². The number of allylic oxidation sites excluding steroid dienone is 4. The number of hydrogen-bond acceptors (Lipinski definition) is 8. The summed E-state index contributed by atoms with van der Waals surface area (Å²) in [6.07, 6.45) is 3.67. The third kappa shape index (κ3) is 5.13. The number of amides is 2. The number of rotatable bonds is 5. The van der Waals surface area contributed by atoms with Crippen molar-refractivity contribution in [2.45, 2.75) is 18.5 Å². The van der Waals surface area contributed by atoms with E-state index in [0.29, 0.717) is 44.1 Å². The monoisotopic (exact) mass is 569 g/mol. The Morgan fingerprint density at radius 3 is 2.48 bits per heavy atom. The van der Waals surface area contributed by atoms with Crippen LogP contribution in [0.3, 0.4) is 0 Å². The lowest BCUT2D eigenvalue weighted by atomic mass is 9.94. The van der Waals surface area contributed by atoms with Crippen molar-refractivity contribution >= 4 is 34.1 Å². The first-order valence-corrected chi connectivity index (χ1v) is 13.7. The number of morpholine rings is 1. The fraction of sp³-hybridized carbons (Fsp3) is 0.333. The number of benzene rings is 1. The van der Waals surface area contributed by atoms with E-state index in [2.05, 4.69) is 20.9 Å². The molecule has 3 aromatic rings. The molecule has 0 spiro atoms. The molecular weight excluding hydrogens is 543 g/mol. The van der Waals surface area contributed by atoms with E-state index in [1.807, 2.05) is 12.2 Å². The summed E-state index contributed by atoms with van der Waals surface area (Å²) in [5.41, 5.74) is 7.77. The van der Waals surface area contributed by atoms with Crippen molar-refractivity contribution in [3.8, 4) is 11.4 Å². The molecule has 4 heterocycles. The smallest absolute Gasteiger partial charge is 0.378 e. The number of ether oxygens (including phenoxy) is 1. The predicted octanol–water partition coefficient (Wildman–Crippen LogP) is 4.91. The van der Waals surface area contributed by atoms with Crippen LogP contribution in [0.2, 0.25) is 0 Å². The molecule has 1 unspecified atom stereocenters. The molecule has 2 aliphatic heterocycles. The third-order valence-corrected chi connectivity index (χ3v) is 8.35. The Morgan fingerprint density at radius 1 is 1.00 bits per heavy atom. The average Bonchev–Trinajstić information content (AvgIpc) is 3.58. The summed E-state index contributed by atoms with van der Waals surface area (Å²) in [5, 5.41) is 0.876. The number of nitrogen functional groups attached to an aromatic ring is 1. The third-order valence-electron chi connectivity index (χ3n) is 7.10. The first-order chi connectivity index (χ1) is 19.3. The number of carbonyl (C=O) groups excluding carboxylic acids is 1. The lowest BCUT2D eigenvalue weighted by molar-refractivity contribution is -0.137. The number of halogens is 3. The topological polar surface area (TPSA) is 101 Å². The number of alkyl halides is 3. The molecule has 2 fully saturated rings. The van der Waals surface area contributed by atoms with Gasteiger partial charge < -0.3 is 15.4 Å². The normalized spacial score (nSPS) is 19.9. The lowest BCUT2D eigenvalue weighted by Crippen LogP contribution is -2.36. The molecule has 6 rings (SSSR count). The summed E-state index contributed by atoms with van der Waals surface area (Å²) >= 11 is 1.59. The molecule has 9 nitrogen and oxygen atoms in total. The van der Waals surface area contributed by atoms with Crippen molar-refractivity contribution in [2.24, 2.45) is 0 Å². The molecule has 2 aromatic heterocycles. The van der Waals surface area contributed by atoms with Crippen LogP contribution in [0.1, 0.15) is 22.8 Å². The van der Waals surface area contributed by atoms with Crippen molar-refractivity contribution in [1.82, 2.24) is 19.9 Å². The predicted molar refractivity (Wildman–Crippen MR) is 146 cm³/mol. The number of thiazole rings is 1. The van der Waals surface area contributed by atoms with Gasteiger partial charge >= 0.3 is 12.2 Å². The molecule has 1 aromatic carbocycles. The fourth-order valence-electron chi connectivity index (χ4n) is 5.07. The van der Waals surface area contributed by atoms with E-state index in [0.717, 1.165) is 46.6 Å². The molecule has 0 radical (unpaired) electrons. The number of urea groups is 1. The van der Waals surface area contributed by atoms with Gasteiger partial charge in [-0.3, -0.25) is 9.80 Å². The van der Waals surface area contributed by atoms with Crippen molar-refractivity contribution < 1.29 is 22.7 Å². The molecular formula is C27H26F3N7O2S. The molecule has 2 amide bonds. The molecule has 208 valence electrons. The minimum Gasteiger partial charge on any atom is -0.378 e. The van der Waals surface area contributed by atoms with Gasteiger partial charge in [0.25, 0.3) is 0 Å². The van der Waals surface area contributed by atoms with Crippen LogP contribution in [0.15, 0.2) is 60.5 Å². The quantitative estimate of drug-likeness (QED) is 0.466. The second-order valence-corrected chi connectivity index (χ2v) is 10.6. The van der Waals surface area contributed by atoms with Gasteiger partial charge in [-0.05, 0) is 42.8 Å². The Morgan fingerprint density at radius 2 is 1.75 bits per heavy atom. The van der Waals surface area contributed by atoms with E-state index in [-0.39, 0.29) is 17.9 Å². The molecule has 13 heteroatoms. The number of nitrogens with two attached hydrogens (primary N) is 1. The highest BCUT2D eigenvalue weighted by molar-refractivity contribution is 7.16. The van der Waals surface area contributed by atoms with Gasteiger partial charge in [0.2, 0.25) is 5.95 Å². The van der Waals surface area contributed by atoms with Crippen molar-refractivity contribution in [3.05, 3.63) is 70.9 Å². The standard InChI is InChI=1S/C27H26F3N7O2S/c28-27(29,30)18-4-6-19(7-5-18)36-10-11-37(26(36)38)20-3-1-2-17(16-20)23-22(21-8-9-32-24(31)33-21)34-25(40-23)35-12-14-39-15-13-35/h1-9,17H,10-16H2,(H2,31,32,33). The first kappa shape index (κ1) is 26.3. The van der Waals surface area contributed by atoms with E-state index in [9.17, 15) is 18.0 Å². The van der Waals surface area contributed by atoms with Gasteiger partial charge in [0.1, 0.15) is 5.69 Å². The van der Waals surface area contributed by atoms with Gasteiger partial charge in [-0.2, -0.15) is 13.2 Å². The van der Waals surface area contributed by atoms with Crippen LogP contribution in [-0.2, 0) is 10.9 Å². The summed E-state index contributed by atoms with van der Waals surface area (Å²) in [6.45, 7) is 3.56. The number of carbonyl (C=O) groups is 1. The maximum atomic E-state index is 13.4. The maximum absolute atomic E-state index is 13.4. The summed E-state index contributed by atoms with van der Waals surface area (Å²) in [4.78, 5) is 33.2. The molecule has 2 saturated heterocycles. The van der Waals surface area contributed by atoms with E-state index in [4.69, 9.17) is 15.5 Å². The van der Waals surface area contributed by atoms with Crippen LogP contribution in [0.25, 0.3) is 11.4 Å². The highest BCUT2D eigenvalue weighted by Crippen LogP contribution is 2.42. The zero-order chi connectivity index (χ0) is 27.9. The van der Waals surface area contributed by atoms with Crippen LogP contribution < -0.4 is 15.5 Å². The SMILES string of the molecule is Nc1nccc(-c2nc(N3CCOCC3)sc2C2C=CC=C(N3CCN(c4ccc(C(F)(F)F)cc4)C3=O)C2)n1. The van der Waals surface area contributed by atoms with Crippen molar-refractivity contribution in [3.63, 3.8) is 0 Å². The van der Waals surface area contributed by atoms with E-state index < -0.39 is 11.7 Å². The van der Waals surface area contributed by atoms with Gasteiger partial charge in [-0.1, -0.05) is 12.2 Å².